The predicted octanol–water partition coefficient (Wildman–Crippen LogP) is 2.71. The summed E-state index contributed by atoms with van der Waals surface area (Å²) in [6, 6.07) is 10.1. The van der Waals surface area contributed by atoms with E-state index in [9.17, 15) is 5.11 Å². The molecule has 0 amide bonds. The van der Waals surface area contributed by atoms with Crippen molar-refractivity contribution in [3.05, 3.63) is 40.7 Å². The largest absolute Gasteiger partial charge is 0.391 e. The van der Waals surface area contributed by atoms with Gasteiger partial charge in [0.2, 0.25) is 0 Å². The summed E-state index contributed by atoms with van der Waals surface area (Å²) in [5.74, 6) is 0. The summed E-state index contributed by atoms with van der Waals surface area (Å²) in [5, 5.41) is 16.2. The van der Waals surface area contributed by atoms with E-state index in [0.717, 1.165) is 29.2 Å². The Hall–Kier alpha value is -1.23. The molecule has 1 unspecified atom stereocenters. The first-order valence-electron chi connectivity index (χ1n) is 6.68. The van der Waals surface area contributed by atoms with E-state index < -0.39 is 0 Å². The first-order valence-corrected chi connectivity index (χ1v) is 7.56. The lowest BCUT2D eigenvalue weighted by Gasteiger charge is -2.09. The lowest BCUT2D eigenvalue weighted by atomic mass is 10.2. The van der Waals surface area contributed by atoms with Crippen LogP contribution in [0.5, 0.6) is 0 Å². The van der Waals surface area contributed by atoms with Crippen LogP contribution in [0.1, 0.15) is 18.4 Å². The standard InChI is InChI=1S/C15H20N2OS/c1-2-8-16-10-13(18)9-15-17-14(11-19-15)12-6-4-3-5-7-12/h3-7,11,13,16,18H,2,8-10H2,1H3. The van der Waals surface area contributed by atoms with Crippen LogP contribution in [0.15, 0.2) is 35.7 Å². The number of nitrogens with zero attached hydrogens (tertiary/aromatic N) is 1. The highest BCUT2D eigenvalue weighted by Gasteiger charge is 2.09. The van der Waals surface area contributed by atoms with Crippen LogP contribution in [-0.2, 0) is 6.42 Å². The highest BCUT2D eigenvalue weighted by Crippen LogP contribution is 2.22. The van der Waals surface area contributed by atoms with Gasteiger partial charge in [-0.25, -0.2) is 4.98 Å². The van der Waals surface area contributed by atoms with Crippen molar-refractivity contribution < 1.29 is 5.11 Å². The fourth-order valence-corrected chi connectivity index (χ4v) is 2.74. The highest BCUT2D eigenvalue weighted by molar-refractivity contribution is 7.09. The second-order valence-electron chi connectivity index (χ2n) is 4.55. The molecule has 0 spiro atoms. The summed E-state index contributed by atoms with van der Waals surface area (Å²) in [6.07, 6.45) is 1.34. The molecule has 1 heterocycles. The number of aliphatic hydroxyl groups excluding tert-OH is 1. The third kappa shape index (κ3) is 4.42. The van der Waals surface area contributed by atoms with Crippen LogP contribution in [-0.4, -0.2) is 29.3 Å². The van der Waals surface area contributed by atoms with Crippen LogP contribution in [0.25, 0.3) is 11.3 Å². The Balaban J connectivity index is 1.91. The summed E-state index contributed by atoms with van der Waals surface area (Å²) in [6.45, 7) is 3.70. The Morgan fingerprint density at radius 3 is 2.84 bits per heavy atom. The summed E-state index contributed by atoms with van der Waals surface area (Å²) < 4.78 is 0. The molecule has 1 aromatic heterocycles. The van der Waals surface area contributed by atoms with Gasteiger partial charge in [0.15, 0.2) is 0 Å². The molecular formula is C15H20N2OS. The smallest absolute Gasteiger partial charge is 0.0958 e. The van der Waals surface area contributed by atoms with Crippen LogP contribution in [0.2, 0.25) is 0 Å². The van der Waals surface area contributed by atoms with Crippen molar-refractivity contribution in [2.24, 2.45) is 0 Å². The number of nitrogens with one attached hydrogen (secondary N) is 1. The molecule has 4 heteroatoms. The minimum Gasteiger partial charge on any atom is -0.391 e. The van der Waals surface area contributed by atoms with Gasteiger partial charge >= 0.3 is 0 Å². The van der Waals surface area contributed by atoms with Gasteiger partial charge in [-0.15, -0.1) is 11.3 Å². The van der Waals surface area contributed by atoms with E-state index in [1.807, 2.05) is 18.2 Å². The fraction of sp³-hybridized carbons (Fsp3) is 0.400. The number of aromatic nitrogens is 1. The quantitative estimate of drug-likeness (QED) is 0.764. The van der Waals surface area contributed by atoms with Crippen LogP contribution in [0, 0.1) is 0 Å². The Bertz CT molecular complexity index is 484. The second-order valence-corrected chi connectivity index (χ2v) is 5.50. The molecule has 2 aromatic rings. The van der Waals surface area contributed by atoms with Gasteiger partial charge in [0.1, 0.15) is 0 Å². The van der Waals surface area contributed by atoms with E-state index in [2.05, 4.69) is 34.7 Å². The maximum atomic E-state index is 9.91. The maximum absolute atomic E-state index is 9.91. The first kappa shape index (κ1) is 14.2. The average molecular weight is 276 g/mol. The molecule has 3 nitrogen and oxygen atoms in total. The fourth-order valence-electron chi connectivity index (χ4n) is 1.87. The molecule has 0 radical (unpaired) electrons. The molecule has 0 fully saturated rings. The van der Waals surface area contributed by atoms with Crippen molar-refractivity contribution in [2.75, 3.05) is 13.1 Å². The van der Waals surface area contributed by atoms with Gasteiger partial charge in [0.25, 0.3) is 0 Å². The van der Waals surface area contributed by atoms with E-state index in [4.69, 9.17) is 0 Å². The van der Waals surface area contributed by atoms with E-state index in [0.29, 0.717) is 13.0 Å². The number of hydrogen-bond donors (Lipinski definition) is 2. The minimum absolute atomic E-state index is 0.360. The average Bonchev–Trinajstić information content (AvgIpc) is 2.88. The lowest BCUT2D eigenvalue weighted by molar-refractivity contribution is 0.172. The number of hydrogen-bond acceptors (Lipinski definition) is 4. The maximum Gasteiger partial charge on any atom is 0.0958 e. The highest BCUT2D eigenvalue weighted by atomic mass is 32.1. The third-order valence-corrected chi connectivity index (χ3v) is 3.71. The molecule has 0 bridgehead atoms. The van der Waals surface area contributed by atoms with Gasteiger partial charge in [-0.05, 0) is 13.0 Å². The van der Waals surface area contributed by atoms with Gasteiger partial charge in [-0.3, -0.25) is 0 Å². The van der Waals surface area contributed by atoms with Gasteiger partial charge in [0.05, 0.1) is 16.8 Å². The molecule has 0 aliphatic heterocycles. The summed E-state index contributed by atoms with van der Waals surface area (Å²) in [7, 11) is 0. The van der Waals surface area contributed by atoms with Gasteiger partial charge in [-0.1, -0.05) is 37.3 Å². The van der Waals surface area contributed by atoms with Crippen molar-refractivity contribution in [1.82, 2.24) is 10.3 Å². The zero-order valence-electron chi connectivity index (χ0n) is 11.2. The molecule has 1 aromatic carbocycles. The predicted molar refractivity (Wildman–Crippen MR) is 80.4 cm³/mol. The number of thiazole rings is 1. The normalized spacial score (nSPS) is 12.5. The molecule has 1 atom stereocenters. The van der Waals surface area contributed by atoms with Crippen LogP contribution >= 0.6 is 11.3 Å². The van der Waals surface area contributed by atoms with Crippen LogP contribution in [0.3, 0.4) is 0 Å². The summed E-state index contributed by atoms with van der Waals surface area (Å²) in [5.41, 5.74) is 2.12. The molecule has 0 aliphatic rings. The molecule has 2 rings (SSSR count). The van der Waals surface area contributed by atoms with Gasteiger partial charge in [-0.2, -0.15) is 0 Å². The van der Waals surface area contributed by atoms with E-state index >= 15 is 0 Å². The van der Waals surface area contributed by atoms with E-state index in [1.165, 1.54) is 0 Å². The summed E-state index contributed by atoms with van der Waals surface area (Å²) in [4.78, 5) is 4.58. The molecule has 102 valence electrons. The zero-order chi connectivity index (χ0) is 13.5. The summed E-state index contributed by atoms with van der Waals surface area (Å²) >= 11 is 1.61. The second kappa shape index (κ2) is 7.38. The molecule has 0 saturated heterocycles. The van der Waals surface area contributed by atoms with Crippen LogP contribution in [0.4, 0.5) is 0 Å². The van der Waals surface area contributed by atoms with Crippen molar-refractivity contribution in [3.63, 3.8) is 0 Å². The van der Waals surface area contributed by atoms with Crippen molar-refractivity contribution in [2.45, 2.75) is 25.9 Å². The SMILES string of the molecule is CCCNCC(O)Cc1nc(-c2ccccc2)cs1. The van der Waals surface area contributed by atoms with E-state index in [1.54, 1.807) is 11.3 Å². The molecular weight excluding hydrogens is 256 g/mol. The topological polar surface area (TPSA) is 45.1 Å². The monoisotopic (exact) mass is 276 g/mol. The van der Waals surface area contributed by atoms with Crippen molar-refractivity contribution in [3.8, 4) is 11.3 Å². The molecule has 19 heavy (non-hydrogen) atoms. The Morgan fingerprint density at radius 1 is 1.32 bits per heavy atom. The van der Waals surface area contributed by atoms with E-state index in [-0.39, 0.29) is 6.10 Å². The third-order valence-electron chi connectivity index (χ3n) is 2.84. The lowest BCUT2D eigenvalue weighted by Crippen LogP contribution is -2.28. The Kier molecular flexibility index (Phi) is 5.51. The van der Waals surface area contributed by atoms with Crippen molar-refractivity contribution >= 4 is 11.3 Å². The van der Waals surface area contributed by atoms with Gasteiger partial charge < -0.3 is 10.4 Å². The zero-order valence-corrected chi connectivity index (χ0v) is 12.0. The Morgan fingerprint density at radius 2 is 2.11 bits per heavy atom. The first-order chi connectivity index (χ1) is 9.29. The number of aliphatic hydroxyl groups is 1. The molecule has 2 N–H and O–H groups in total. The Labute approximate surface area is 118 Å². The van der Waals surface area contributed by atoms with Crippen LogP contribution < -0.4 is 5.32 Å². The van der Waals surface area contributed by atoms with Crippen molar-refractivity contribution in [1.29, 1.82) is 0 Å². The van der Waals surface area contributed by atoms with Gasteiger partial charge in [0, 0.05) is 23.9 Å². The number of rotatable bonds is 7. The number of benzene rings is 1. The molecule has 0 aliphatic carbocycles. The molecule has 0 saturated carbocycles. The minimum atomic E-state index is -0.360.